The molecule has 1 aromatic rings. The average molecular weight is 446 g/mol. The van der Waals surface area contributed by atoms with Crippen LogP contribution < -0.4 is 10.2 Å². The van der Waals surface area contributed by atoms with Crippen molar-refractivity contribution >= 4 is 35.9 Å². The van der Waals surface area contributed by atoms with Crippen molar-refractivity contribution in [3.63, 3.8) is 0 Å². The summed E-state index contributed by atoms with van der Waals surface area (Å²) in [5, 5.41) is 3.42. The van der Waals surface area contributed by atoms with Crippen LogP contribution in [0.25, 0.3) is 0 Å². The molecule has 6 nitrogen and oxygen atoms in total. The third-order valence-corrected chi connectivity index (χ3v) is 3.87. The Morgan fingerprint density at radius 2 is 1.79 bits per heavy atom. The number of hydrogen-bond donors (Lipinski definition) is 1. The molecule has 1 aliphatic rings. The van der Waals surface area contributed by atoms with Gasteiger partial charge in [-0.2, -0.15) is 0 Å². The van der Waals surface area contributed by atoms with Gasteiger partial charge in [-0.15, -0.1) is 24.0 Å². The molecular formula is C17H31IN6. The minimum Gasteiger partial charge on any atom is -0.357 e. The van der Waals surface area contributed by atoms with Crippen LogP contribution in [0.2, 0.25) is 0 Å². The zero-order chi connectivity index (χ0) is 16.7. The first-order valence-corrected chi connectivity index (χ1v) is 8.55. The molecule has 0 spiro atoms. The Labute approximate surface area is 163 Å². The van der Waals surface area contributed by atoms with E-state index in [0.29, 0.717) is 5.41 Å². The molecule has 1 aliphatic heterocycles. The minimum atomic E-state index is 0. The summed E-state index contributed by atoms with van der Waals surface area (Å²) < 4.78 is 0. The average Bonchev–Trinajstić information content (AvgIpc) is 2.54. The topological polar surface area (TPSA) is 56.7 Å². The summed E-state index contributed by atoms with van der Waals surface area (Å²) in [6.45, 7) is 14.4. The standard InChI is InChI=1S/C17H30N6.HI/c1-5-18-15(21-10-7-17(2,3)4)22-11-13-23(14-12-22)16-19-8-6-9-20-16;/h6,8-9H,5,7,10-14H2,1-4H3,(H,18,21);1H. The smallest absolute Gasteiger partial charge is 0.225 e. The highest BCUT2D eigenvalue weighted by molar-refractivity contribution is 14.0. The Balaban J connectivity index is 0.00000288. The first-order valence-electron chi connectivity index (χ1n) is 8.55. The molecule has 0 aromatic carbocycles. The van der Waals surface area contributed by atoms with E-state index < -0.39 is 0 Å². The summed E-state index contributed by atoms with van der Waals surface area (Å²) in [6, 6.07) is 1.85. The highest BCUT2D eigenvalue weighted by Gasteiger charge is 2.21. The molecule has 1 N–H and O–H groups in total. The molecule has 7 heteroatoms. The molecule has 2 rings (SSSR count). The summed E-state index contributed by atoms with van der Waals surface area (Å²) in [5.41, 5.74) is 0.324. The largest absolute Gasteiger partial charge is 0.357 e. The van der Waals surface area contributed by atoms with Gasteiger partial charge in [0.25, 0.3) is 0 Å². The molecule has 0 atom stereocenters. The number of aromatic nitrogens is 2. The van der Waals surface area contributed by atoms with Gasteiger partial charge in [-0.1, -0.05) is 20.8 Å². The number of aliphatic imine (C=N–C) groups is 1. The normalized spacial score (nSPS) is 15.9. The van der Waals surface area contributed by atoms with Crippen molar-refractivity contribution in [3.05, 3.63) is 18.5 Å². The van der Waals surface area contributed by atoms with Crippen LogP contribution in [0.3, 0.4) is 0 Å². The molecule has 1 aromatic heterocycles. The SMILES string of the molecule is CCNC(=NCCC(C)(C)C)N1CCN(c2ncccn2)CC1.I. The van der Waals surface area contributed by atoms with Gasteiger partial charge in [0.15, 0.2) is 5.96 Å². The number of guanidine groups is 1. The van der Waals surface area contributed by atoms with Crippen molar-refractivity contribution in [3.8, 4) is 0 Å². The molecule has 1 saturated heterocycles. The highest BCUT2D eigenvalue weighted by atomic mass is 127. The Kier molecular flexibility index (Phi) is 8.72. The summed E-state index contributed by atoms with van der Waals surface area (Å²) in [6.07, 6.45) is 4.69. The predicted molar refractivity (Wildman–Crippen MR) is 111 cm³/mol. The quantitative estimate of drug-likeness (QED) is 0.438. The Hall–Kier alpha value is -1.12. The Morgan fingerprint density at radius 3 is 2.33 bits per heavy atom. The van der Waals surface area contributed by atoms with E-state index in [2.05, 4.69) is 52.8 Å². The number of rotatable bonds is 4. The van der Waals surface area contributed by atoms with Crippen LogP contribution in [-0.4, -0.2) is 60.1 Å². The third-order valence-electron chi connectivity index (χ3n) is 3.87. The first kappa shape index (κ1) is 20.9. The van der Waals surface area contributed by atoms with E-state index in [4.69, 9.17) is 4.99 Å². The summed E-state index contributed by atoms with van der Waals surface area (Å²) in [4.78, 5) is 18.0. The fourth-order valence-electron chi connectivity index (χ4n) is 2.50. The van der Waals surface area contributed by atoms with E-state index in [-0.39, 0.29) is 24.0 Å². The van der Waals surface area contributed by atoms with E-state index >= 15 is 0 Å². The second-order valence-corrected chi connectivity index (χ2v) is 7.07. The summed E-state index contributed by atoms with van der Waals surface area (Å²) in [7, 11) is 0. The molecule has 0 unspecified atom stereocenters. The zero-order valence-corrected chi connectivity index (χ0v) is 17.7. The van der Waals surface area contributed by atoms with E-state index in [9.17, 15) is 0 Å². The fourth-order valence-corrected chi connectivity index (χ4v) is 2.50. The van der Waals surface area contributed by atoms with Crippen LogP contribution in [0.15, 0.2) is 23.5 Å². The van der Waals surface area contributed by atoms with Crippen molar-refractivity contribution in [1.29, 1.82) is 0 Å². The van der Waals surface area contributed by atoms with Crippen LogP contribution >= 0.6 is 24.0 Å². The molecule has 136 valence electrons. The van der Waals surface area contributed by atoms with Gasteiger partial charge in [-0.3, -0.25) is 4.99 Å². The highest BCUT2D eigenvalue weighted by Crippen LogP contribution is 2.18. The van der Waals surface area contributed by atoms with E-state index in [0.717, 1.165) is 57.6 Å². The number of halogens is 1. The van der Waals surface area contributed by atoms with Crippen molar-refractivity contribution in [2.75, 3.05) is 44.2 Å². The van der Waals surface area contributed by atoms with Crippen molar-refractivity contribution in [2.24, 2.45) is 10.4 Å². The molecule has 2 heterocycles. The van der Waals surface area contributed by atoms with Gasteiger partial charge in [0.1, 0.15) is 0 Å². The second-order valence-electron chi connectivity index (χ2n) is 7.07. The molecule has 0 amide bonds. The maximum atomic E-state index is 4.80. The lowest BCUT2D eigenvalue weighted by molar-refractivity contribution is 0.362. The molecule has 24 heavy (non-hydrogen) atoms. The summed E-state index contributed by atoms with van der Waals surface area (Å²) >= 11 is 0. The second kappa shape index (κ2) is 10.0. The van der Waals surface area contributed by atoms with Gasteiger partial charge in [0.05, 0.1) is 0 Å². The number of nitrogens with zero attached hydrogens (tertiary/aromatic N) is 5. The van der Waals surface area contributed by atoms with Crippen LogP contribution in [0.4, 0.5) is 5.95 Å². The maximum absolute atomic E-state index is 4.80. The zero-order valence-electron chi connectivity index (χ0n) is 15.3. The lowest BCUT2D eigenvalue weighted by Crippen LogP contribution is -2.53. The number of piperazine rings is 1. The Bertz CT molecular complexity index is 492. The van der Waals surface area contributed by atoms with Crippen molar-refractivity contribution in [1.82, 2.24) is 20.2 Å². The first-order chi connectivity index (χ1) is 11.0. The van der Waals surface area contributed by atoms with Crippen LogP contribution in [-0.2, 0) is 0 Å². The van der Waals surface area contributed by atoms with E-state index in [1.54, 1.807) is 12.4 Å². The Morgan fingerprint density at radius 1 is 1.17 bits per heavy atom. The lowest BCUT2D eigenvalue weighted by Gasteiger charge is -2.36. The molecule has 1 fully saturated rings. The molecular weight excluding hydrogens is 415 g/mol. The summed E-state index contributed by atoms with van der Waals surface area (Å²) in [5.74, 6) is 1.85. The van der Waals surface area contributed by atoms with Gasteiger partial charge in [-0.25, -0.2) is 9.97 Å². The van der Waals surface area contributed by atoms with Gasteiger partial charge in [0, 0.05) is 51.7 Å². The molecule has 0 aliphatic carbocycles. The number of hydrogen-bond acceptors (Lipinski definition) is 4. The van der Waals surface area contributed by atoms with Crippen LogP contribution in [0.5, 0.6) is 0 Å². The van der Waals surface area contributed by atoms with Gasteiger partial charge in [-0.05, 0) is 24.8 Å². The lowest BCUT2D eigenvalue weighted by atomic mass is 9.92. The van der Waals surface area contributed by atoms with E-state index in [1.165, 1.54) is 0 Å². The number of anilines is 1. The van der Waals surface area contributed by atoms with E-state index in [1.807, 2.05) is 6.07 Å². The maximum Gasteiger partial charge on any atom is 0.225 e. The van der Waals surface area contributed by atoms with Gasteiger partial charge in [0.2, 0.25) is 5.95 Å². The van der Waals surface area contributed by atoms with Crippen LogP contribution in [0, 0.1) is 5.41 Å². The third kappa shape index (κ3) is 6.78. The van der Waals surface area contributed by atoms with Crippen LogP contribution in [0.1, 0.15) is 34.1 Å². The van der Waals surface area contributed by atoms with Crippen molar-refractivity contribution < 1.29 is 0 Å². The minimum absolute atomic E-state index is 0. The molecule has 0 radical (unpaired) electrons. The molecule has 0 saturated carbocycles. The monoisotopic (exact) mass is 446 g/mol. The van der Waals surface area contributed by atoms with Gasteiger partial charge >= 0.3 is 0 Å². The molecule has 0 bridgehead atoms. The van der Waals surface area contributed by atoms with Crippen molar-refractivity contribution in [2.45, 2.75) is 34.1 Å². The van der Waals surface area contributed by atoms with Gasteiger partial charge < -0.3 is 15.1 Å². The number of nitrogens with one attached hydrogen (secondary N) is 1. The predicted octanol–water partition coefficient (Wildman–Crippen LogP) is 2.62. The fraction of sp³-hybridized carbons (Fsp3) is 0.706.